The van der Waals surface area contributed by atoms with Crippen LogP contribution in [0.25, 0.3) is 0 Å². The van der Waals surface area contributed by atoms with E-state index in [-0.39, 0.29) is 0 Å². The molecule has 0 aromatic carbocycles. The number of ether oxygens (including phenoxy) is 1. The van der Waals surface area contributed by atoms with Crippen LogP contribution < -0.4 is 0 Å². The zero-order valence-electron chi connectivity index (χ0n) is 7.44. The summed E-state index contributed by atoms with van der Waals surface area (Å²) >= 11 is 0. The maximum absolute atomic E-state index is 11.4. The van der Waals surface area contributed by atoms with E-state index < -0.39 is 6.86 Å². The third kappa shape index (κ3) is 9.89. The maximum Gasteiger partial charge on any atom is 0.188 e. The Labute approximate surface area is 68.9 Å². The molecule has 0 saturated heterocycles. The van der Waals surface area contributed by atoms with Gasteiger partial charge in [-0.15, -0.1) is 0 Å². The van der Waals surface area contributed by atoms with E-state index in [1.807, 2.05) is 0 Å². The van der Waals surface area contributed by atoms with Crippen molar-refractivity contribution in [3.63, 3.8) is 0 Å². The minimum atomic E-state index is -0.630. The molecule has 0 heterocycles. The SMILES string of the molecule is CCCCCCCCOCF. The van der Waals surface area contributed by atoms with Crippen LogP contribution in [0.3, 0.4) is 0 Å². The lowest BCUT2D eigenvalue weighted by atomic mass is 10.1. The second-order valence-corrected chi connectivity index (χ2v) is 2.79. The highest BCUT2D eigenvalue weighted by Gasteiger charge is 1.89. The molecule has 0 radical (unpaired) electrons. The first-order chi connectivity index (χ1) is 5.41. The largest absolute Gasteiger partial charge is 0.350 e. The molecule has 11 heavy (non-hydrogen) atoms. The molecule has 0 atom stereocenters. The van der Waals surface area contributed by atoms with Crippen LogP contribution in [0.15, 0.2) is 0 Å². The fourth-order valence-electron chi connectivity index (χ4n) is 1.04. The van der Waals surface area contributed by atoms with E-state index in [1.165, 1.54) is 32.1 Å². The van der Waals surface area contributed by atoms with Gasteiger partial charge >= 0.3 is 0 Å². The molecule has 0 spiro atoms. The van der Waals surface area contributed by atoms with Gasteiger partial charge in [-0.05, 0) is 6.42 Å². The van der Waals surface area contributed by atoms with Crippen LogP contribution in [0.2, 0.25) is 0 Å². The zero-order valence-corrected chi connectivity index (χ0v) is 7.44. The van der Waals surface area contributed by atoms with Crippen molar-refractivity contribution in [1.29, 1.82) is 0 Å². The molecule has 0 aliphatic carbocycles. The van der Waals surface area contributed by atoms with Crippen molar-refractivity contribution in [1.82, 2.24) is 0 Å². The Hall–Kier alpha value is -0.110. The van der Waals surface area contributed by atoms with E-state index in [0.29, 0.717) is 6.61 Å². The maximum atomic E-state index is 11.4. The highest BCUT2D eigenvalue weighted by atomic mass is 19.1. The average Bonchev–Trinajstić information content (AvgIpc) is 2.03. The molecule has 0 unspecified atom stereocenters. The molecule has 2 heteroatoms. The lowest BCUT2D eigenvalue weighted by Gasteiger charge is -1.99. The second kappa shape index (κ2) is 9.89. The lowest BCUT2D eigenvalue weighted by Crippen LogP contribution is -1.91. The normalized spacial score (nSPS) is 10.4. The van der Waals surface area contributed by atoms with Gasteiger partial charge in [-0.1, -0.05) is 39.0 Å². The van der Waals surface area contributed by atoms with Crippen LogP contribution in [0, 0.1) is 0 Å². The minimum Gasteiger partial charge on any atom is -0.350 e. The topological polar surface area (TPSA) is 9.23 Å². The number of hydrogen-bond donors (Lipinski definition) is 0. The molecule has 0 fully saturated rings. The average molecular weight is 162 g/mol. The monoisotopic (exact) mass is 162 g/mol. The lowest BCUT2D eigenvalue weighted by molar-refractivity contribution is 0.0554. The Balaban J connectivity index is 2.69. The van der Waals surface area contributed by atoms with Crippen molar-refractivity contribution < 1.29 is 9.13 Å². The first-order valence-corrected chi connectivity index (χ1v) is 4.55. The van der Waals surface area contributed by atoms with Crippen LogP contribution >= 0.6 is 0 Å². The van der Waals surface area contributed by atoms with Crippen molar-refractivity contribution in [2.45, 2.75) is 45.4 Å². The van der Waals surface area contributed by atoms with Gasteiger partial charge in [0.1, 0.15) is 0 Å². The fraction of sp³-hybridized carbons (Fsp3) is 1.00. The molecule has 0 aliphatic rings. The first-order valence-electron chi connectivity index (χ1n) is 4.55. The van der Waals surface area contributed by atoms with Gasteiger partial charge in [0, 0.05) is 6.61 Å². The van der Waals surface area contributed by atoms with E-state index >= 15 is 0 Å². The number of halogens is 1. The summed E-state index contributed by atoms with van der Waals surface area (Å²) < 4.78 is 16.0. The molecular formula is C9H19FO. The third-order valence-electron chi connectivity index (χ3n) is 1.72. The van der Waals surface area contributed by atoms with Crippen LogP contribution in [0.4, 0.5) is 4.39 Å². The number of rotatable bonds is 8. The summed E-state index contributed by atoms with van der Waals surface area (Å²) in [7, 11) is 0. The van der Waals surface area contributed by atoms with E-state index in [0.717, 1.165) is 6.42 Å². The molecule has 68 valence electrons. The molecule has 0 saturated carbocycles. The van der Waals surface area contributed by atoms with Crippen LogP contribution in [-0.2, 0) is 4.74 Å². The van der Waals surface area contributed by atoms with Crippen molar-refractivity contribution in [2.24, 2.45) is 0 Å². The van der Waals surface area contributed by atoms with E-state index in [2.05, 4.69) is 11.7 Å². The second-order valence-electron chi connectivity index (χ2n) is 2.79. The minimum absolute atomic E-state index is 0.586. The van der Waals surface area contributed by atoms with Gasteiger partial charge in [-0.25, -0.2) is 4.39 Å². The summed E-state index contributed by atoms with van der Waals surface area (Å²) in [5.74, 6) is 0. The van der Waals surface area contributed by atoms with Crippen LogP contribution in [-0.4, -0.2) is 13.5 Å². The smallest absolute Gasteiger partial charge is 0.188 e. The summed E-state index contributed by atoms with van der Waals surface area (Å²) in [4.78, 5) is 0. The Bertz CT molecular complexity index is 58.6. The Morgan fingerprint density at radius 3 is 2.27 bits per heavy atom. The molecule has 0 aromatic rings. The van der Waals surface area contributed by atoms with Gasteiger partial charge in [0.15, 0.2) is 6.86 Å². The molecule has 0 aromatic heterocycles. The summed E-state index contributed by atoms with van der Waals surface area (Å²) in [6.45, 7) is 2.16. The molecular weight excluding hydrogens is 143 g/mol. The van der Waals surface area contributed by atoms with E-state index in [4.69, 9.17) is 0 Å². The molecule has 0 amide bonds. The molecule has 1 nitrogen and oxygen atoms in total. The number of unbranched alkanes of at least 4 members (excludes halogenated alkanes) is 5. The standard InChI is InChI=1S/C9H19FO/c1-2-3-4-5-6-7-8-11-9-10/h2-9H2,1H3. The van der Waals surface area contributed by atoms with Gasteiger partial charge in [-0.3, -0.25) is 0 Å². The Kier molecular flexibility index (Phi) is 9.79. The van der Waals surface area contributed by atoms with Crippen molar-refractivity contribution in [3.05, 3.63) is 0 Å². The van der Waals surface area contributed by atoms with Gasteiger partial charge < -0.3 is 4.74 Å². The molecule has 0 aliphatic heterocycles. The molecule has 0 rings (SSSR count). The van der Waals surface area contributed by atoms with Gasteiger partial charge in [-0.2, -0.15) is 0 Å². The number of hydrogen-bond acceptors (Lipinski definition) is 1. The summed E-state index contributed by atoms with van der Waals surface area (Å²) in [5.41, 5.74) is 0. The van der Waals surface area contributed by atoms with Crippen molar-refractivity contribution in [2.75, 3.05) is 13.5 Å². The van der Waals surface area contributed by atoms with Gasteiger partial charge in [0.25, 0.3) is 0 Å². The Morgan fingerprint density at radius 2 is 1.64 bits per heavy atom. The van der Waals surface area contributed by atoms with E-state index in [1.54, 1.807) is 0 Å². The van der Waals surface area contributed by atoms with Crippen molar-refractivity contribution >= 4 is 0 Å². The zero-order chi connectivity index (χ0) is 8.36. The quantitative estimate of drug-likeness (QED) is 0.498. The van der Waals surface area contributed by atoms with Crippen molar-refractivity contribution in [3.8, 4) is 0 Å². The predicted octanol–water partition coefficient (Wildman–Crippen LogP) is 3.29. The van der Waals surface area contributed by atoms with Gasteiger partial charge in [0.2, 0.25) is 0 Å². The highest BCUT2D eigenvalue weighted by molar-refractivity contribution is 4.42. The highest BCUT2D eigenvalue weighted by Crippen LogP contribution is 2.04. The summed E-state index contributed by atoms with van der Waals surface area (Å²) in [5, 5.41) is 0. The first kappa shape index (κ1) is 10.9. The fourth-order valence-corrected chi connectivity index (χ4v) is 1.04. The predicted molar refractivity (Wildman–Crippen MR) is 45.3 cm³/mol. The molecule has 0 N–H and O–H groups in total. The van der Waals surface area contributed by atoms with Crippen LogP contribution in [0.5, 0.6) is 0 Å². The molecule has 0 bridgehead atoms. The summed E-state index contributed by atoms with van der Waals surface area (Å²) in [6.07, 6.45) is 7.37. The third-order valence-corrected chi connectivity index (χ3v) is 1.72. The number of alkyl halides is 1. The van der Waals surface area contributed by atoms with Gasteiger partial charge in [0.05, 0.1) is 0 Å². The summed E-state index contributed by atoms with van der Waals surface area (Å²) in [6, 6.07) is 0. The Morgan fingerprint density at radius 1 is 1.00 bits per heavy atom. The van der Waals surface area contributed by atoms with Crippen LogP contribution in [0.1, 0.15) is 45.4 Å². The van der Waals surface area contributed by atoms with E-state index in [9.17, 15) is 4.39 Å².